The first-order chi connectivity index (χ1) is 11.1. The second-order valence-corrected chi connectivity index (χ2v) is 6.54. The van der Waals surface area contributed by atoms with Crippen molar-refractivity contribution in [2.45, 2.75) is 78.7 Å². The van der Waals surface area contributed by atoms with Crippen LogP contribution in [0, 0.1) is 0 Å². The molecule has 1 atom stereocenters. The van der Waals surface area contributed by atoms with Gasteiger partial charge in [0.25, 0.3) is 0 Å². The van der Waals surface area contributed by atoms with Crippen LogP contribution in [0.2, 0.25) is 0 Å². The van der Waals surface area contributed by atoms with Gasteiger partial charge in [-0.2, -0.15) is 10.1 Å². The van der Waals surface area contributed by atoms with Crippen LogP contribution in [0.5, 0.6) is 0 Å². The monoisotopic (exact) mass is 331 g/mol. The van der Waals surface area contributed by atoms with Gasteiger partial charge >= 0.3 is 0 Å². The van der Waals surface area contributed by atoms with Gasteiger partial charge in [0.15, 0.2) is 0 Å². The largest absolute Gasteiger partial charge is 0.314 e. The topological polar surface area (TPSA) is 50.2 Å². The highest BCUT2D eigenvalue weighted by molar-refractivity contribution is 4.68. The molecule has 1 unspecified atom stereocenters. The minimum Gasteiger partial charge on any atom is -0.314 e. The van der Waals surface area contributed by atoms with Crippen LogP contribution in [-0.2, 0) is 0 Å². The lowest BCUT2D eigenvalue weighted by molar-refractivity contribution is -0.170. The molecule has 0 rings (SSSR count). The molecular weight excluding hydrogens is 290 g/mol. The Morgan fingerprint density at radius 1 is 0.696 bits per heavy atom. The van der Waals surface area contributed by atoms with Gasteiger partial charge in [-0.15, -0.1) is 0 Å². The Morgan fingerprint density at radius 2 is 1.22 bits per heavy atom. The number of hydrogen-bond acceptors (Lipinski definition) is 5. The summed E-state index contributed by atoms with van der Waals surface area (Å²) in [5.41, 5.74) is 0. The highest BCUT2D eigenvalue weighted by Crippen LogP contribution is 2.06. The van der Waals surface area contributed by atoms with Crippen molar-refractivity contribution in [3.63, 3.8) is 0 Å². The zero-order valence-electron chi connectivity index (χ0n) is 16.0. The van der Waals surface area contributed by atoms with Gasteiger partial charge in [0, 0.05) is 32.2 Å². The first-order valence-corrected chi connectivity index (χ1v) is 9.70. The second kappa shape index (κ2) is 15.3. The van der Waals surface area contributed by atoms with Gasteiger partial charge in [-0.25, -0.2) is 0 Å². The summed E-state index contributed by atoms with van der Waals surface area (Å²) >= 11 is 0. The van der Waals surface area contributed by atoms with Crippen LogP contribution < -0.4 is 0 Å². The average molecular weight is 332 g/mol. The lowest BCUT2D eigenvalue weighted by Crippen LogP contribution is -2.44. The third-order valence-corrected chi connectivity index (χ3v) is 4.39. The maximum Gasteiger partial charge on any atom is 0.0498 e. The smallest absolute Gasteiger partial charge is 0.0498 e. The Bertz CT molecular complexity index is 246. The second-order valence-electron chi connectivity index (χ2n) is 6.54. The first-order valence-electron chi connectivity index (χ1n) is 9.70. The molecule has 140 valence electrons. The molecule has 23 heavy (non-hydrogen) atoms. The van der Waals surface area contributed by atoms with Crippen molar-refractivity contribution >= 4 is 0 Å². The molecule has 5 heteroatoms. The molecule has 0 aromatic rings. The van der Waals surface area contributed by atoms with Crippen LogP contribution in [0.15, 0.2) is 0 Å². The van der Waals surface area contributed by atoms with E-state index in [2.05, 4.69) is 32.6 Å². The summed E-state index contributed by atoms with van der Waals surface area (Å²) in [4.78, 5) is 2.45. The van der Waals surface area contributed by atoms with Crippen molar-refractivity contribution in [3.05, 3.63) is 0 Å². The Kier molecular flexibility index (Phi) is 15.2. The predicted molar refractivity (Wildman–Crippen MR) is 97.1 cm³/mol. The van der Waals surface area contributed by atoms with E-state index in [-0.39, 0.29) is 6.04 Å². The van der Waals surface area contributed by atoms with Crippen molar-refractivity contribution < 1.29 is 10.4 Å². The SMILES string of the molecule is CCCCN(CCCC)CCN(O)CC(CC)N(O)CCCC. The normalized spacial score (nSPS) is 13.4. The summed E-state index contributed by atoms with van der Waals surface area (Å²) in [5, 5.41) is 23.1. The number of hydroxylamine groups is 4. The van der Waals surface area contributed by atoms with Crippen LogP contribution in [0.4, 0.5) is 0 Å². The summed E-state index contributed by atoms with van der Waals surface area (Å²) in [6.45, 7) is 13.6. The van der Waals surface area contributed by atoms with E-state index in [9.17, 15) is 10.4 Å². The molecule has 0 aromatic carbocycles. The predicted octanol–water partition coefficient (Wildman–Crippen LogP) is 3.85. The maximum atomic E-state index is 10.2. The quantitative estimate of drug-likeness (QED) is 0.421. The fourth-order valence-corrected chi connectivity index (χ4v) is 2.63. The highest BCUT2D eigenvalue weighted by atomic mass is 16.5. The molecule has 2 N–H and O–H groups in total. The molecule has 0 saturated carbocycles. The number of unbranched alkanes of at least 4 members (excludes halogenated alkanes) is 3. The van der Waals surface area contributed by atoms with Crippen LogP contribution in [0.3, 0.4) is 0 Å². The molecule has 0 bridgehead atoms. The Balaban J connectivity index is 4.17. The van der Waals surface area contributed by atoms with Crippen molar-refractivity contribution in [1.29, 1.82) is 0 Å². The van der Waals surface area contributed by atoms with Gasteiger partial charge < -0.3 is 15.3 Å². The van der Waals surface area contributed by atoms with E-state index in [0.29, 0.717) is 19.6 Å². The number of hydrogen-bond donors (Lipinski definition) is 2. The van der Waals surface area contributed by atoms with Gasteiger partial charge in [-0.1, -0.05) is 47.0 Å². The minimum absolute atomic E-state index is 0.00582. The number of nitrogens with zero attached hydrogens (tertiary/aromatic N) is 3. The molecule has 0 aliphatic rings. The van der Waals surface area contributed by atoms with Crippen molar-refractivity contribution in [2.24, 2.45) is 0 Å². The summed E-state index contributed by atoms with van der Waals surface area (Å²) in [5.74, 6) is 0. The molecule has 0 heterocycles. The maximum absolute atomic E-state index is 10.2. The van der Waals surface area contributed by atoms with E-state index in [1.165, 1.54) is 35.8 Å². The van der Waals surface area contributed by atoms with E-state index in [0.717, 1.165) is 38.9 Å². The minimum atomic E-state index is 0.00582. The highest BCUT2D eigenvalue weighted by Gasteiger charge is 2.17. The lowest BCUT2D eigenvalue weighted by atomic mass is 10.2. The molecular formula is C18H41N3O2. The standard InChI is InChI=1S/C18H41N3O2/c1-5-9-12-19(13-10-6-2)15-16-20(22)17-18(8-4)21(23)14-11-7-3/h18,22-23H,5-17H2,1-4H3. The molecule has 0 fully saturated rings. The van der Waals surface area contributed by atoms with Crippen LogP contribution in [-0.4, -0.2) is 70.8 Å². The van der Waals surface area contributed by atoms with Crippen molar-refractivity contribution in [2.75, 3.05) is 39.3 Å². The lowest BCUT2D eigenvalue weighted by Gasteiger charge is -2.29. The van der Waals surface area contributed by atoms with E-state index in [1.54, 1.807) is 0 Å². The fourth-order valence-electron chi connectivity index (χ4n) is 2.63. The zero-order chi connectivity index (χ0) is 17.5. The fraction of sp³-hybridized carbons (Fsp3) is 1.00. The van der Waals surface area contributed by atoms with Crippen LogP contribution in [0.1, 0.15) is 72.6 Å². The third kappa shape index (κ3) is 11.9. The molecule has 0 aliphatic heterocycles. The summed E-state index contributed by atoms with van der Waals surface area (Å²) < 4.78 is 0. The van der Waals surface area contributed by atoms with E-state index >= 15 is 0 Å². The Hall–Kier alpha value is -0.200. The Morgan fingerprint density at radius 3 is 1.70 bits per heavy atom. The van der Waals surface area contributed by atoms with E-state index < -0.39 is 0 Å². The van der Waals surface area contributed by atoms with Gasteiger partial charge in [0.1, 0.15) is 0 Å². The molecule has 0 amide bonds. The molecule has 0 saturated heterocycles. The Labute approximate surface area is 144 Å². The van der Waals surface area contributed by atoms with Crippen LogP contribution >= 0.6 is 0 Å². The third-order valence-electron chi connectivity index (χ3n) is 4.39. The molecule has 5 nitrogen and oxygen atoms in total. The summed E-state index contributed by atoms with van der Waals surface area (Å²) in [6.07, 6.45) is 7.75. The van der Waals surface area contributed by atoms with E-state index in [1.807, 2.05) is 0 Å². The molecule has 0 radical (unpaired) electrons. The zero-order valence-corrected chi connectivity index (χ0v) is 16.0. The van der Waals surface area contributed by atoms with Gasteiger partial charge in [0.05, 0.1) is 0 Å². The van der Waals surface area contributed by atoms with E-state index in [4.69, 9.17) is 0 Å². The average Bonchev–Trinajstić information content (AvgIpc) is 2.56. The summed E-state index contributed by atoms with van der Waals surface area (Å²) in [6, 6.07) is 0.00582. The van der Waals surface area contributed by atoms with Gasteiger partial charge in [-0.05, 0) is 38.8 Å². The van der Waals surface area contributed by atoms with Gasteiger partial charge in [-0.3, -0.25) is 0 Å². The van der Waals surface area contributed by atoms with Crippen molar-refractivity contribution in [3.8, 4) is 0 Å². The molecule has 0 aromatic heterocycles. The first kappa shape index (κ1) is 22.8. The van der Waals surface area contributed by atoms with Crippen molar-refractivity contribution in [1.82, 2.24) is 15.0 Å². The number of rotatable bonds is 16. The molecule has 0 spiro atoms. The summed E-state index contributed by atoms with van der Waals surface area (Å²) in [7, 11) is 0. The molecule has 0 aliphatic carbocycles. The van der Waals surface area contributed by atoms with Gasteiger partial charge in [0.2, 0.25) is 0 Å². The van der Waals surface area contributed by atoms with Crippen LogP contribution in [0.25, 0.3) is 0 Å².